The lowest BCUT2D eigenvalue weighted by Gasteiger charge is -2.04. The molecular formula is C12H8ClFO2S. The lowest BCUT2D eigenvalue weighted by Crippen LogP contribution is -1.93. The highest BCUT2D eigenvalue weighted by Gasteiger charge is 2.13. The molecule has 0 N–H and O–H groups in total. The van der Waals surface area contributed by atoms with E-state index in [0.29, 0.717) is 11.1 Å². The second-order valence-electron chi connectivity index (χ2n) is 3.45. The maximum Gasteiger partial charge on any atom is 0.261 e. The Labute approximate surface area is 103 Å². The van der Waals surface area contributed by atoms with E-state index < -0.39 is 14.9 Å². The van der Waals surface area contributed by atoms with Crippen LogP contribution in [0, 0.1) is 5.82 Å². The van der Waals surface area contributed by atoms with Gasteiger partial charge in [-0.1, -0.05) is 36.4 Å². The second-order valence-corrected chi connectivity index (χ2v) is 6.01. The first-order valence-corrected chi connectivity index (χ1v) is 7.09. The summed E-state index contributed by atoms with van der Waals surface area (Å²) in [6.07, 6.45) is 0. The molecule has 0 aliphatic heterocycles. The van der Waals surface area contributed by atoms with Crippen molar-refractivity contribution < 1.29 is 12.8 Å². The molecular weight excluding hydrogens is 263 g/mol. The van der Waals surface area contributed by atoms with Gasteiger partial charge in [0, 0.05) is 16.2 Å². The van der Waals surface area contributed by atoms with Crippen LogP contribution in [0.3, 0.4) is 0 Å². The van der Waals surface area contributed by atoms with Crippen molar-refractivity contribution in [3.63, 3.8) is 0 Å². The van der Waals surface area contributed by atoms with Gasteiger partial charge in [0.2, 0.25) is 0 Å². The Hall–Kier alpha value is -1.39. The lowest BCUT2D eigenvalue weighted by molar-refractivity contribution is 0.603. The fraction of sp³-hybridized carbons (Fsp3) is 0. The second kappa shape index (κ2) is 4.47. The molecule has 0 saturated carbocycles. The van der Waals surface area contributed by atoms with E-state index in [2.05, 4.69) is 0 Å². The first-order valence-electron chi connectivity index (χ1n) is 4.78. The van der Waals surface area contributed by atoms with Crippen LogP contribution < -0.4 is 0 Å². The van der Waals surface area contributed by atoms with Gasteiger partial charge >= 0.3 is 0 Å². The van der Waals surface area contributed by atoms with E-state index in [9.17, 15) is 12.8 Å². The molecule has 0 radical (unpaired) electrons. The van der Waals surface area contributed by atoms with Crippen molar-refractivity contribution in [1.82, 2.24) is 0 Å². The number of benzene rings is 2. The molecule has 88 valence electrons. The van der Waals surface area contributed by atoms with Gasteiger partial charge in [0.15, 0.2) is 0 Å². The van der Waals surface area contributed by atoms with E-state index in [-0.39, 0.29) is 4.90 Å². The molecule has 2 rings (SSSR count). The summed E-state index contributed by atoms with van der Waals surface area (Å²) >= 11 is 0. The molecule has 0 heterocycles. The average molecular weight is 271 g/mol. The zero-order valence-corrected chi connectivity index (χ0v) is 10.2. The molecule has 0 fully saturated rings. The first kappa shape index (κ1) is 12.1. The van der Waals surface area contributed by atoms with Gasteiger partial charge in [-0.05, 0) is 17.7 Å². The number of rotatable bonds is 2. The molecule has 2 aromatic rings. The van der Waals surface area contributed by atoms with Gasteiger partial charge < -0.3 is 0 Å². The fourth-order valence-electron chi connectivity index (χ4n) is 1.50. The predicted molar refractivity (Wildman–Crippen MR) is 64.9 cm³/mol. The van der Waals surface area contributed by atoms with Crippen molar-refractivity contribution in [1.29, 1.82) is 0 Å². The smallest absolute Gasteiger partial charge is 0.207 e. The number of hydrogen-bond donors (Lipinski definition) is 0. The third-order valence-electron chi connectivity index (χ3n) is 2.31. The molecule has 17 heavy (non-hydrogen) atoms. The Morgan fingerprint density at radius 2 is 1.65 bits per heavy atom. The van der Waals surface area contributed by atoms with Crippen molar-refractivity contribution in [2.75, 3.05) is 0 Å². The Bertz CT molecular complexity index is 639. The predicted octanol–water partition coefficient (Wildman–Crippen LogP) is 3.42. The molecule has 5 heteroatoms. The SMILES string of the molecule is O=S(=O)(Cl)c1ccc(-c2ccccc2)c(F)c1. The molecule has 0 amide bonds. The summed E-state index contributed by atoms with van der Waals surface area (Å²) in [5.41, 5.74) is 1.03. The molecule has 0 atom stereocenters. The van der Waals surface area contributed by atoms with Crippen LogP contribution in [-0.4, -0.2) is 8.42 Å². The highest BCUT2D eigenvalue weighted by molar-refractivity contribution is 8.13. The molecule has 0 aliphatic carbocycles. The largest absolute Gasteiger partial charge is 0.261 e. The zero-order valence-electron chi connectivity index (χ0n) is 8.60. The van der Waals surface area contributed by atoms with E-state index in [1.54, 1.807) is 24.3 Å². The van der Waals surface area contributed by atoms with E-state index >= 15 is 0 Å². The maximum absolute atomic E-state index is 13.7. The van der Waals surface area contributed by atoms with Crippen molar-refractivity contribution in [3.05, 3.63) is 54.3 Å². The maximum atomic E-state index is 13.7. The van der Waals surface area contributed by atoms with Crippen LogP contribution in [0.5, 0.6) is 0 Å². The van der Waals surface area contributed by atoms with Gasteiger partial charge in [0.1, 0.15) is 5.82 Å². The Balaban J connectivity index is 2.54. The molecule has 0 aliphatic rings. The van der Waals surface area contributed by atoms with Gasteiger partial charge in [-0.15, -0.1) is 0 Å². The fourth-order valence-corrected chi connectivity index (χ4v) is 2.26. The molecule has 2 aromatic carbocycles. The summed E-state index contributed by atoms with van der Waals surface area (Å²) < 4.78 is 35.8. The van der Waals surface area contributed by atoms with Crippen LogP contribution in [0.25, 0.3) is 11.1 Å². The average Bonchev–Trinajstić information content (AvgIpc) is 2.29. The molecule has 0 aromatic heterocycles. The summed E-state index contributed by atoms with van der Waals surface area (Å²) in [5, 5.41) is 0. The van der Waals surface area contributed by atoms with Crippen LogP contribution in [0.15, 0.2) is 53.4 Å². The van der Waals surface area contributed by atoms with Crippen molar-refractivity contribution in [3.8, 4) is 11.1 Å². The Morgan fingerprint density at radius 3 is 2.18 bits per heavy atom. The summed E-state index contributed by atoms with van der Waals surface area (Å²) in [4.78, 5) is -0.239. The first-order chi connectivity index (χ1) is 7.98. The van der Waals surface area contributed by atoms with E-state index in [4.69, 9.17) is 10.7 Å². The van der Waals surface area contributed by atoms with E-state index in [0.717, 1.165) is 6.07 Å². The minimum absolute atomic E-state index is 0.239. The summed E-state index contributed by atoms with van der Waals surface area (Å²) in [5.74, 6) is -0.613. The van der Waals surface area contributed by atoms with Gasteiger partial charge in [-0.2, -0.15) is 0 Å². The monoisotopic (exact) mass is 270 g/mol. The summed E-state index contributed by atoms with van der Waals surface area (Å²) in [6.45, 7) is 0. The third kappa shape index (κ3) is 2.65. The van der Waals surface area contributed by atoms with Crippen molar-refractivity contribution in [2.24, 2.45) is 0 Å². The topological polar surface area (TPSA) is 34.1 Å². The Morgan fingerprint density at radius 1 is 1.00 bits per heavy atom. The molecule has 0 spiro atoms. The van der Waals surface area contributed by atoms with E-state index in [1.165, 1.54) is 12.1 Å². The number of hydrogen-bond acceptors (Lipinski definition) is 2. The van der Waals surface area contributed by atoms with Gasteiger partial charge in [-0.25, -0.2) is 12.8 Å². The zero-order chi connectivity index (χ0) is 12.5. The van der Waals surface area contributed by atoms with Crippen LogP contribution in [-0.2, 0) is 9.05 Å². The van der Waals surface area contributed by atoms with Gasteiger partial charge in [0.25, 0.3) is 9.05 Å². The van der Waals surface area contributed by atoms with Gasteiger partial charge in [0.05, 0.1) is 4.90 Å². The molecule has 0 bridgehead atoms. The van der Waals surface area contributed by atoms with Crippen LogP contribution >= 0.6 is 10.7 Å². The third-order valence-corrected chi connectivity index (χ3v) is 3.66. The summed E-state index contributed by atoms with van der Waals surface area (Å²) in [7, 11) is 1.24. The van der Waals surface area contributed by atoms with Crippen LogP contribution in [0.1, 0.15) is 0 Å². The summed E-state index contributed by atoms with van der Waals surface area (Å²) in [6, 6.07) is 12.5. The Kier molecular flexibility index (Phi) is 3.17. The minimum atomic E-state index is -3.89. The molecule has 0 unspecified atom stereocenters. The van der Waals surface area contributed by atoms with Crippen molar-refractivity contribution >= 4 is 19.7 Å². The molecule has 2 nitrogen and oxygen atoms in total. The molecule has 0 saturated heterocycles. The minimum Gasteiger partial charge on any atom is -0.207 e. The van der Waals surface area contributed by atoms with Crippen LogP contribution in [0.4, 0.5) is 4.39 Å². The van der Waals surface area contributed by atoms with Crippen LogP contribution in [0.2, 0.25) is 0 Å². The highest BCUT2D eigenvalue weighted by atomic mass is 35.7. The van der Waals surface area contributed by atoms with Gasteiger partial charge in [-0.3, -0.25) is 0 Å². The lowest BCUT2D eigenvalue weighted by atomic mass is 10.1. The highest BCUT2D eigenvalue weighted by Crippen LogP contribution is 2.26. The van der Waals surface area contributed by atoms with Crippen molar-refractivity contribution in [2.45, 2.75) is 4.90 Å². The normalized spacial score (nSPS) is 11.4. The standard InChI is InChI=1S/C12H8ClFO2S/c13-17(15,16)10-6-7-11(12(14)8-10)9-4-2-1-3-5-9/h1-8H. The quantitative estimate of drug-likeness (QED) is 0.784. The van der Waals surface area contributed by atoms with E-state index in [1.807, 2.05) is 6.07 Å². The number of halogens is 2.